The molecule has 0 radical (unpaired) electrons. The van der Waals surface area contributed by atoms with Crippen LogP contribution in [0.15, 0.2) is 41.2 Å². The smallest absolute Gasteiger partial charge is 0.256 e. The van der Waals surface area contributed by atoms with Gasteiger partial charge in [0, 0.05) is 16.7 Å². The van der Waals surface area contributed by atoms with Crippen molar-refractivity contribution in [1.82, 2.24) is 4.57 Å². The highest BCUT2D eigenvalue weighted by atomic mass is 35.5. The van der Waals surface area contributed by atoms with E-state index in [-0.39, 0.29) is 0 Å². The number of alkyl halides is 2. The Morgan fingerprint density at radius 1 is 1.26 bits per heavy atom. The lowest BCUT2D eigenvalue weighted by Gasteiger charge is -2.14. The van der Waals surface area contributed by atoms with E-state index < -0.39 is 18.5 Å². The van der Waals surface area contributed by atoms with Crippen molar-refractivity contribution in [3.63, 3.8) is 0 Å². The molecule has 0 aliphatic rings. The lowest BCUT2D eigenvalue weighted by Crippen LogP contribution is -2.24. The van der Waals surface area contributed by atoms with E-state index in [0.29, 0.717) is 10.7 Å². The van der Waals surface area contributed by atoms with Crippen LogP contribution in [-0.2, 0) is 6.54 Å². The molecule has 2 aromatic rings. The molecule has 0 aliphatic heterocycles. The number of pyridine rings is 1. The van der Waals surface area contributed by atoms with Gasteiger partial charge in [-0.2, -0.15) is 0 Å². The predicted octanol–water partition coefficient (Wildman–Crippen LogP) is 3.74. The van der Waals surface area contributed by atoms with Crippen molar-refractivity contribution in [2.75, 3.05) is 0 Å². The summed E-state index contributed by atoms with van der Waals surface area (Å²) in [5, 5.41) is 0.569. The van der Waals surface area contributed by atoms with Gasteiger partial charge in [-0.3, -0.25) is 4.79 Å². The number of aromatic nitrogens is 1. The Labute approximate surface area is 114 Å². The second-order valence-electron chi connectivity index (χ2n) is 4.21. The molecule has 1 aromatic heterocycles. The Hall–Kier alpha value is -1.68. The highest BCUT2D eigenvalue weighted by Crippen LogP contribution is 2.25. The summed E-state index contributed by atoms with van der Waals surface area (Å²) in [4.78, 5) is 11.7. The normalized spacial score (nSPS) is 11.0. The molecule has 5 heteroatoms. The molecule has 1 aromatic carbocycles. The maximum atomic E-state index is 12.6. The Morgan fingerprint density at radius 2 is 2.00 bits per heavy atom. The minimum absolute atomic E-state index is 0.438. The molecular weight excluding hydrogens is 272 g/mol. The van der Waals surface area contributed by atoms with Crippen molar-refractivity contribution in [2.24, 2.45) is 0 Å². The zero-order chi connectivity index (χ0) is 14.0. The average Bonchev–Trinajstić information content (AvgIpc) is 2.32. The molecule has 0 fully saturated rings. The first-order valence-corrected chi connectivity index (χ1v) is 6.11. The fraction of sp³-hybridized carbons (Fsp3) is 0.214. The van der Waals surface area contributed by atoms with Crippen molar-refractivity contribution >= 4 is 11.6 Å². The van der Waals surface area contributed by atoms with Gasteiger partial charge in [-0.25, -0.2) is 8.78 Å². The summed E-state index contributed by atoms with van der Waals surface area (Å²) in [7, 11) is 0. The molecule has 0 unspecified atom stereocenters. The van der Waals surface area contributed by atoms with Crippen molar-refractivity contribution in [1.29, 1.82) is 0 Å². The van der Waals surface area contributed by atoms with Crippen LogP contribution in [0, 0.1) is 6.92 Å². The zero-order valence-electron chi connectivity index (χ0n) is 10.2. The molecule has 0 saturated heterocycles. The van der Waals surface area contributed by atoms with E-state index in [1.165, 1.54) is 6.07 Å². The molecule has 19 heavy (non-hydrogen) atoms. The highest BCUT2D eigenvalue weighted by molar-refractivity contribution is 6.30. The van der Waals surface area contributed by atoms with Crippen LogP contribution < -0.4 is 5.56 Å². The van der Waals surface area contributed by atoms with Gasteiger partial charge < -0.3 is 4.57 Å². The fourth-order valence-electron chi connectivity index (χ4n) is 2.00. The van der Waals surface area contributed by atoms with Gasteiger partial charge in [-0.05, 0) is 30.7 Å². The predicted molar refractivity (Wildman–Crippen MR) is 71.9 cm³/mol. The Balaban J connectivity index is 2.61. The summed E-state index contributed by atoms with van der Waals surface area (Å²) in [6.45, 7) is 1.21. The second kappa shape index (κ2) is 5.53. The van der Waals surface area contributed by atoms with E-state index in [2.05, 4.69) is 0 Å². The molecule has 0 bridgehead atoms. The Kier molecular flexibility index (Phi) is 4.00. The van der Waals surface area contributed by atoms with Crippen LogP contribution in [0.3, 0.4) is 0 Å². The maximum Gasteiger partial charge on any atom is 0.256 e. The van der Waals surface area contributed by atoms with Gasteiger partial charge >= 0.3 is 0 Å². The average molecular weight is 284 g/mol. The molecule has 0 saturated carbocycles. The number of hydrogen-bond acceptors (Lipinski definition) is 1. The number of rotatable bonds is 3. The molecule has 1 heterocycles. The number of hydrogen-bond donors (Lipinski definition) is 0. The van der Waals surface area contributed by atoms with Gasteiger partial charge in [0.25, 0.3) is 12.0 Å². The van der Waals surface area contributed by atoms with Crippen LogP contribution in [0.5, 0.6) is 0 Å². The van der Waals surface area contributed by atoms with E-state index in [9.17, 15) is 13.6 Å². The first-order valence-electron chi connectivity index (χ1n) is 5.73. The van der Waals surface area contributed by atoms with E-state index >= 15 is 0 Å². The minimum Gasteiger partial charge on any atom is -0.303 e. The maximum absolute atomic E-state index is 12.6. The fourth-order valence-corrected chi connectivity index (χ4v) is 2.22. The first-order chi connectivity index (χ1) is 8.99. The van der Waals surface area contributed by atoms with E-state index in [1.807, 2.05) is 6.92 Å². The third-order valence-corrected chi connectivity index (χ3v) is 3.07. The summed E-state index contributed by atoms with van der Waals surface area (Å²) in [6.07, 6.45) is -2.58. The van der Waals surface area contributed by atoms with Crippen LogP contribution in [0.25, 0.3) is 11.3 Å². The van der Waals surface area contributed by atoms with Gasteiger partial charge in [-0.1, -0.05) is 23.7 Å². The molecular formula is C14H12ClF2NO. The molecule has 0 N–H and O–H groups in total. The summed E-state index contributed by atoms with van der Waals surface area (Å²) in [6, 6.07) is 9.63. The van der Waals surface area contributed by atoms with Crippen LogP contribution in [0.4, 0.5) is 8.78 Å². The molecule has 2 nitrogen and oxygen atoms in total. The van der Waals surface area contributed by atoms with Crippen LogP contribution in [0.1, 0.15) is 5.56 Å². The standard InChI is InChI=1S/C14H12ClF2NO/c1-9-7-10(15)5-6-11(9)12-3-2-4-14(19)18(12)8-13(16)17/h2-7,13H,8H2,1H3. The molecule has 0 spiro atoms. The monoisotopic (exact) mass is 283 g/mol. The van der Waals surface area contributed by atoms with Gasteiger partial charge in [0.05, 0.1) is 12.2 Å². The topological polar surface area (TPSA) is 22.0 Å². The van der Waals surface area contributed by atoms with Gasteiger partial charge in [-0.15, -0.1) is 0 Å². The van der Waals surface area contributed by atoms with E-state index in [0.717, 1.165) is 15.7 Å². The summed E-state index contributed by atoms with van der Waals surface area (Å²) in [5.74, 6) is 0. The molecule has 0 aliphatic carbocycles. The zero-order valence-corrected chi connectivity index (χ0v) is 11.0. The van der Waals surface area contributed by atoms with Crippen LogP contribution >= 0.6 is 11.6 Å². The van der Waals surface area contributed by atoms with E-state index in [1.54, 1.807) is 30.3 Å². The molecule has 0 amide bonds. The number of aryl methyl sites for hydroxylation is 1. The van der Waals surface area contributed by atoms with Crippen molar-refractivity contribution in [2.45, 2.75) is 19.9 Å². The van der Waals surface area contributed by atoms with Gasteiger partial charge in [0.1, 0.15) is 0 Å². The summed E-state index contributed by atoms with van der Waals surface area (Å²) >= 11 is 5.87. The first kappa shape index (κ1) is 13.7. The van der Waals surface area contributed by atoms with Crippen molar-refractivity contribution in [3.05, 3.63) is 57.3 Å². The number of nitrogens with zero attached hydrogens (tertiary/aromatic N) is 1. The van der Waals surface area contributed by atoms with E-state index in [4.69, 9.17) is 11.6 Å². The SMILES string of the molecule is Cc1cc(Cl)ccc1-c1cccc(=O)n1CC(F)F. The third-order valence-electron chi connectivity index (χ3n) is 2.83. The highest BCUT2D eigenvalue weighted by Gasteiger charge is 2.12. The Morgan fingerprint density at radius 3 is 2.63 bits per heavy atom. The van der Waals surface area contributed by atoms with Gasteiger partial charge in [0.2, 0.25) is 0 Å². The second-order valence-corrected chi connectivity index (χ2v) is 4.65. The van der Waals surface area contributed by atoms with Gasteiger partial charge in [0.15, 0.2) is 0 Å². The molecule has 100 valence electrons. The van der Waals surface area contributed by atoms with Crippen LogP contribution in [-0.4, -0.2) is 11.0 Å². The largest absolute Gasteiger partial charge is 0.303 e. The number of halogens is 3. The van der Waals surface area contributed by atoms with Crippen molar-refractivity contribution in [3.8, 4) is 11.3 Å². The molecule has 2 rings (SSSR count). The minimum atomic E-state index is -2.58. The lowest BCUT2D eigenvalue weighted by molar-refractivity contribution is 0.126. The quantitative estimate of drug-likeness (QED) is 0.841. The third kappa shape index (κ3) is 3.01. The summed E-state index contributed by atoms with van der Waals surface area (Å²) < 4.78 is 26.2. The number of benzene rings is 1. The molecule has 0 atom stereocenters. The Bertz CT molecular complexity index is 652. The summed E-state index contributed by atoms with van der Waals surface area (Å²) in [5.41, 5.74) is 1.60. The van der Waals surface area contributed by atoms with Crippen LogP contribution in [0.2, 0.25) is 5.02 Å². The lowest BCUT2D eigenvalue weighted by atomic mass is 10.0. The van der Waals surface area contributed by atoms with Crippen molar-refractivity contribution < 1.29 is 8.78 Å².